The topological polar surface area (TPSA) is 45.0 Å². The molecule has 3 nitrogen and oxygen atoms in total. The molecule has 0 fully saturated rings. The Balaban J connectivity index is 2.42. The summed E-state index contributed by atoms with van der Waals surface area (Å²) in [6.07, 6.45) is 3.32. The Morgan fingerprint density at radius 2 is 2.12 bits per heavy atom. The molecule has 1 aliphatic rings. The quantitative estimate of drug-likeness (QED) is 0.453. The normalized spacial score (nSPS) is 19.1. The van der Waals surface area contributed by atoms with Crippen molar-refractivity contribution >= 4 is 19.9 Å². The molecule has 0 saturated carbocycles. The van der Waals surface area contributed by atoms with Crippen molar-refractivity contribution in [2.24, 2.45) is 9.98 Å². The summed E-state index contributed by atoms with van der Waals surface area (Å²) in [5, 5.41) is 8.38. The Hall–Kier alpha value is -0.635. The molecule has 1 radical (unpaired) electrons. The molecule has 8 heavy (non-hydrogen) atoms. The van der Waals surface area contributed by atoms with Crippen LogP contribution in [-0.4, -0.2) is 31.6 Å². The number of aliphatic imine (C=N–C) groups is 2. The fraction of sp³-hybridized carbons (Fsp3) is 0.500. The van der Waals surface area contributed by atoms with E-state index in [1.807, 2.05) is 0 Å². The van der Waals surface area contributed by atoms with Crippen LogP contribution in [0, 0.1) is 0 Å². The molecule has 0 spiro atoms. The zero-order chi connectivity index (χ0) is 5.82. The second kappa shape index (κ2) is 2.62. The number of hydrogen-bond donors (Lipinski definition) is 1. The van der Waals surface area contributed by atoms with E-state index in [0.29, 0.717) is 6.67 Å². The van der Waals surface area contributed by atoms with Gasteiger partial charge in [0.05, 0.1) is 0 Å². The Morgan fingerprint density at radius 3 is 2.50 bits per heavy atom. The molecule has 0 aromatic rings. The zero-order valence-electron chi connectivity index (χ0n) is 4.36. The average Bonchev–Trinajstić information content (AvgIpc) is 1.90. The first kappa shape index (κ1) is 5.50. The first-order valence-corrected chi connectivity index (χ1v) is 2.41. The van der Waals surface area contributed by atoms with E-state index >= 15 is 0 Å². The summed E-state index contributed by atoms with van der Waals surface area (Å²) >= 11 is 0. The molecule has 1 N–H and O–H groups in total. The molecule has 1 heterocycles. The van der Waals surface area contributed by atoms with Crippen molar-refractivity contribution in [3.63, 3.8) is 0 Å². The van der Waals surface area contributed by atoms with Crippen LogP contribution in [0.25, 0.3) is 0 Å². The van der Waals surface area contributed by atoms with Gasteiger partial charge >= 0.3 is 7.48 Å². The van der Waals surface area contributed by atoms with Gasteiger partial charge in [0, 0.05) is 18.2 Å². The minimum Gasteiger partial charge on any atom is -0.453 e. The van der Waals surface area contributed by atoms with Crippen molar-refractivity contribution in [1.82, 2.24) is 0 Å². The van der Waals surface area contributed by atoms with Gasteiger partial charge in [0.25, 0.3) is 0 Å². The summed E-state index contributed by atoms with van der Waals surface area (Å²) in [7, 11) is 1.06. The molecule has 0 amide bonds. The Bertz CT molecular complexity index is 111. The lowest BCUT2D eigenvalue weighted by molar-refractivity contribution is 0.603. The van der Waals surface area contributed by atoms with E-state index in [4.69, 9.17) is 5.02 Å². The fourth-order valence-electron chi connectivity index (χ4n) is 0.500. The van der Waals surface area contributed by atoms with Crippen molar-refractivity contribution in [3.8, 4) is 0 Å². The maximum atomic E-state index is 8.38. The molecule has 0 bridgehead atoms. The standard InChI is InChI=1S/C4H6BN2O/c8-5-4-1-6-3-7-2-4/h1-2,4,8H,3H2. The lowest BCUT2D eigenvalue weighted by Gasteiger charge is -2.01. The van der Waals surface area contributed by atoms with Crippen LogP contribution in [0.4, 0.5) is 0 Å². The highest BCUT2D eigenvalue weighted by atomic mass is 16.2. The van der Waals surface area contributed by atoms with E-state index in [1.165, 1.54) is 0 Å². The second-order valence-corrected chi connectivity index (χ2v) is 1.53. The third kappa shape index (κ3) is 1.17. The Labute approximate surface area is 48.4 Å². The van der Waals surface area contributed by atoms with Gasteiger partial charge in [0.15, 0.2) is 0 Å². The van der Waals surface area contributed by atoms with E-state index in [0.717, 1.165) is 7.48 Å². The van der Waals surface area contributed by atoms with Gasteiger partial charge in [0.1, 0.15) is 6.67 Å². The number of hydrogen-bond acceptors (Lipinski definition) is 3. The van der Waals surface area contributed by atoms with Crippen LogP contribution >= 0.6 is 0 Å². The third-order valence-corrected chi connectivity index (χ3v) is 0.891. The van der Waals surface area contributed by atoms with Gasteiger partial charge in [-0.25, -0.2) is 0 Å². The van der Waals surface area contributed by atoms with Gasteiger partial charge in [-0.2, -0.15) is 0 Å². The van der Waals surface area contributed by atoms with Crippen molar-refractivity contribution in [2.75, 3.05) is 6.67 Å². The molecule has 4 heteroatoms. The molecule has 0 unspecified atom stereocenters. The Morgan fingerprint density at radius 1 is 1.50 bits per heavy atom. The SMILES string of the molecule is O[B]C1C=NCN=C1. The maximum Gasteiger partial charge on any atom is 0.302 e. The molecular weight excluding hydrogens is 103 g/mol. The van der Waals surface area contributed by atoms with Crippen LogP contribution in [0.15, 0.2) is 9.98 Å². The van der Waals surface area contributed by atoms with Crippen LogP contribution in [0.2, 0.25) is 5.82 Å². The van der Waals surface area contributed by atoms with Crippen molar-refractivity contribution in [1.29, 1.82) is 0 Å². The van der Waals surface area contributed by atoms with Crippen LogP contribution < -0.4 is 0 Å². The Kier molecular flexibility index (Phi) is 1.80. The van der Waals surface area contributed by atoms with Crippen LogP contribution in [0.5, 0.6) is 0 Å². The summed E-state index contributed by atoms with van der Waals surface area (Å²) in [4.78, 5) is 7.63. The molecule has 1 rings (SSSR count). The van der Waals surface area contributed by atoms with E-state index in [2.05, 4.69) is 9.98 Å². The van der Waals surface area contributed by atoms with E-state index in [1.54, 1.807) is 12.4 Å². The third-order valence-electron chi connectivity index (χ3n) is 0.891. The molecule has 0 atom stereocenters. The van der Waals surface area contributed by atoms with Crippen molar-refractivity contribution in [2.45, 2.75) is 5.82 Å². The molecule has 0 aromatic carbocycles. The second-order valence-electron chi connectivity index (χ2n) is 1.53. The highest BCUT2D eigenvalue weighted by molar-refractivity contribution is 6.41. The van der Waals surface area contributed by atoms with E-state index < -0.39 is 0 Å². The summed E-state index contributed by atoms with van der Waals surface area (Å²) < 4.78 is 0. The predicted molar refractivity (Wildman–Crippen MR) is 33.6 cm³/mol. The van der Waals surface area contributed by atoms with Gasteiger partial charge < -0.3 is 5.02 Å². The molecular formula is C4H6BN2O. The first-order valence-electron chi connectivity index (χ1n) is 2.41. The van der Waals surface area contributed by atoms with E-state index in [9.17, 15) is 0 Å². The smallest absolute Gasteiger partial charge is 0.302 e. The van der Waals surface area contributed by atoms with Gasteiger partial charge in [-0.05, 0) is 0 Å². The summed E-state index contributed by atoms with van der Waals surface area (Å²) in [6.45, 7) is 0.504. The van der Waals surface area contributed by atoms with Gasteiger partial charge in [-0.1, -0.05) is 0 Å². The number of rotatable bonds is 1. The molecule has 0 aliphatic carbocycles. The molecule has 41 valence electrons. The van der Waals surface area contributed by atoms with E-state index in [-0.39, 0.29) is 5.82 Å². The summed E-state index contributed by atoms with van der Waals surface area (Å²) in [5.41, 5.74) is 0. The van der Waals surface area contributed by atoms with Crippen molar-refractivity contribution in [3.05, 3.63) is 0 Å². The zero-order valence-corrected chi connectivity index (χ0v) is 4.36. The van der Waals surface area contributed by atoms with Gasteiger partial charge in [0.2, 0.25) is 0 Å². The highest BCUT2D eigenvalue weighted by Crippen LogP contribution is 1.96. The molecule has 0 aromatic heterocycles. The summed E-state index contributed by atoms with van der Waals surface area (Å²) in [6, 6.07) is 0. The van der Waals surface area contributed by atoms with Gasteiger partial charge in [-0.3, -0.25) is 9.98 Å². The predicted octanol–water partition coefficient (Wildman–Crippen LogP) is -0.501. The maximum absolute atomic E-state index is 8.38. The minimum atomic E-state index is -0.0660. The van der Waals surface area contributed by atoms with Crippen LogP contribution in [-0.2, 0) is 0 Å². The summed E-state index contributed by atoms with van der Waals surface area (Å²) in [5.74, 6) is -0.0660. The van der Waals surface area contributed by atoms with Gasteiger partial charge in [-0.15, -0.1) is 0 Å². The molecule has 0 saturated heterocycles. The average molecular weight is 109 g/mol. The van der Waals surface area contributed by atoms with Crippen molar-refractivity contribution < 1.29 is 5.02 Å². The van der Waals surface area contributed by atoms with Crippen LogP contribution in [0.3, 0.4) is 0 Å². The lowest BCUT2D eigenvalue weighted by Crippen LogP contribution is -2.09. The highest BCUT2D eigenvalue weighted by Gasteiger charge is 2.03. The van der Waals surface area contributed by atoms with Crippen LogP contribution in [0.1, 0.15) is 0 Å². The molecule has 1 aliphatic heterocycles. The lowest BCUT2D eigenvalue weighted by atomic mass is 9.82. The largest absolute Gasteiger partial charge is 0.453 e. The minimum absolute atomic E-state index is 0.0660. The first-order chi connectivity index (χ1) is 3.93. The monoisotopic (exact) mass is 109 g/mol. The number of nitrogens with zero attached hydrogens (tertiary/aromatic N) is 2. The fourth-order valence-corrected chi connectivity index (χ4v) is 0.500.